The van der Waals surface area contributed by atoms with E-state index < -0.39 is 0 Å². The first kappa shape index (κ1) is 16.0. The van der Waals surface area contributed by atoms with Crippen LogP contribution in [0.25, 0.3) is 0 Å². The zero-order chi connectivity index (χ0) is 2.71. The van der Waals surface area contributed by atoms with E-state index in [1.165, 1.54) is 0 Å². The Morgan fingerprint density at radius 3 is 1.60 bits per heavy atom. The summed E-state index contributed by atoms with van der Waals surface area (Å²) < 4.78 is 0. The SMILES string of the molecule is N#CO.[Ir].[KH]. The predicted octanol–water partition coefficient (Wildman–Crippen LogP) is -0.811. The van der Waals surface area contributed by atoms with Gasteiger partial charge in [-0.25, -0.2) is 0 Å². The standard InChI is InChI=1S/CHNO.Ir.K.H/c2-1-3;;;/h3H;;;. The molecule has 1 radical (unpaired) electrons. The average Bonchev–Trinajstić information content (AvgIpc) is 0.918. The molecule has 0 unspecified atom stereocenters. The van der Waals surface area contributed by atoms with Crippen LogP contribution in [0.15, 0.2) is 0 Å². The summed E-state index contributed by atoms with van der Waals surface area (Å²) >= 11 is 0. The van der Waals surface area contributed by atoms with Crippen LogP contribution in [0.3, 0.4) is 0 Å². The van der Waals surface area contributed by atoms with E-state index in [-0.39, 0.29) is 71.5 Å². The fourth-order valence-corrected chi connectivity index (χ4v) is 0. The molecule has 0 atom stereocenters. The van der Waals surface area contributed by atoms with E-state index in [1.807, 2.05) is 0 Å². The Morgan fingerprint density at radius 1 is 1.60 bits per heavy atom. The van der Waals surface area contributed by atoms with Gasteiger partial charge in [0.05, 0.1) is 0 Å². The van der Waals surface area contributed by atoms with Gasteiger partial charge < -0.3 is 5.11 Å². The van der Waals surface area contributed by atoms with E-state index in [0.717, 1.165) is 6.26 Å². The van der Waals surface area contributed by atoms with Gasteiger partial charge in [0.1, 0.15) is 0 Å². The van der Waals surface area contributed by atoms with Crippen LogP contribution in [0.5, 0.6) is 0 Å². The molecule has 0 aromatic carbocycles. The van der Waals surface area contributed by atoms with E-state index in [1.54, 1.807) is 0 Å². The number of hydrogen-bond acceptors (Lipinski definition) is 2. The summed E-state index contributed by atoms with van der Waals surface area (Å²) in [6.07, 6.45) is 0.750. The quantitative estimate of drug-likeness (QED) is 0.464. The monoisotopic (exact) mass is 276 g/mol. The summed E-state index contributed by atoms with van der Waals surface area (Å²) in [5.74, 6) is 0. The van der Waals surface area contributed by atoms with Crippen LogP contribution in [0, 0.1) is 11.5 Å². The van der Waals surface area contributed by atoms with Crippen molar-refractivity contribution in [2.45, 2.75) is 0 Å². The molecule has 0 rings (SSSR count). The summed E-state index contributed by atoms with van der Waals surface area (Å²) in [6, 6.07) is 0. The molecule has 0 spiro atoms. The molecule has 0 aliphatic heterocycles. The molecule has 0 fully saturated rings. The summed E-state index contributed by atoms with van der Waals surface area (Å²) in [5, 5.41) is 13.8. The van der Waals surface area contributed by atoms with Crippen LogP contribution >= 0.6 is 0 Å². The molecular weight excluding hydrogens is 273 g/mol. The van der Waals surface area contributed by atoms with Gasteiger partial charge in [-0.3, -0.25) is 0 Å². The molecule has 0 aliphatic rings. The minimum absolute atomic E-state index is 0. The molecule has 0 saturated carbocycles. The molecule has 5 heavy (non-hydrogen) atoms. The third-order valence-electron chi connectivity index (χ3n) is 0. The minimum atomic E-state index is 0. The van der Waals surface area contributed by atoms with Crippen molar-refractivity contribution in [2.75, 3.05) is 0 Å². The number of aliphatic hydroxyl groups excluding tert-OH is 1. The first-order chi connectivity index (χ1) is 1.41. The molecule has 0 saturated heterocycles. The van der Waals surface area contributed by atoms with E-state index in [9.17, 15) is 0 Å². The van der Waals surface area contributed by atoms with Gasteiger partial charge in [-0.15, -0.1) is 0 Å². The zero-order valence-corrected chi connectivity index (χ0v) is 4.12. The number of aliphatic hydroxyl groups is 1. The average molecular weight is 275 g/mol. The van der Waals surface area contributed by atoms with Gasteiger partial charge in [0.2, 0.25) is 0 Å². The van der Waals surface area contributed by atoms with Crippen LogP contribution in [0.2, 0.25) is 0 Å². The number of nitriles is 1. The molecule has 1 N–H and O–H groups in total. The number of hydrogen-bond donors (Lipinski definition) is 1. The molecule has 0 aromatic rings. The van der Waals surface area contributed by atoms with E-state index in [4.69, 9.17) is 10.4 Å². The Hall–Kier alpha value is 1.58. The molecular formula is CH2IrKNO. The van der Waals surface area contributed by atoms with Crippen molar-refractivity contribution in [1.29, 1.82) is 5.26 Å². The Morgan fingerprint density at radius 2 is 1.60 bits per heavy atom. The van der Waals surface area contributed by atoms with E-state index in [0.29, 0.717) is 0 Å². The zero-order valence-electron chi connectivity index (χ0n) is 1.73. The van der Waals surface area contributed by atoms with Crippen LogP contribution in [0.4, 0.5) is 0 Å². The van der Waals surface area contributed by atoms with Gasteiger partial charge in [-0.05, 0) is 0 Å². The topological polar surface area (TPSA) is 44.0 Å². The van der Waals surface area contributed by atoms with Crippen LogP contribution in [-0.2, 0) is 20.1 Å². The molecule has 27 valence electrons. The number of rotatable bonds is 0. The fraction of sp³-hybridized carbons (Fsp3) is 0. The Kier molecular flexibility index (Phi) is 56.3. The van der Waals surface area contributed by atoms with Gasteiger partial charge in [0.25, 0.3) is 6.26 Å². The molecule has 0 bridgehead atoms. The molecule has 0 heterocycles. The second-order valence-electron chi connectivity index (χ2n) is 0.100. The first-order valence-corrected chi connectivity index (χ1v) is 0.447. The molecule has 4 heteroatoms. The van der Waals surface area contributed by atoms with Crippen LogP contribution < -0.4 is 0 Å². The second-order valence-corrected chi connectivity index (χ2v) is 0.100. The Bertz CT molecular complexity index is 33.1. The van der Waals surface area contributed by atoms with Crippen LogP contribution in [-0.4, -0.2) is 56.5 Å². The summed E-state index contributed by atoms with van der Waals surface area (Å²) in [7, 11) is 0. The van der Waals surface area contributed by atoms with E-state index >= 15 is 0 Å². The van der Waals surface area contributed by atoms with Crippen molar-refractivity contribution in [2.24, 2.45) is 0 Å². The summed E-state index contributed by atoms with van der Waals surface area (Å²) in [6.45, 7) is 0. The second kappa shape index (κ2) is 17.6. The summed E-state index contributed by atoms with van der Waals surface area (Å²) in [4.78, 5) is 0. The van der Waals surface area contributed by atoms with Crippen molar-refractivity contribution in [3.8, 4) is 6.26 Å². The third kappa shape index (κ3) is 28.7. The molecule has 0 aromatic heterocycles. The Labute approximate surface area is 86.3 Å². The number of nitrogens with zero attached hydrogens (tertiary/aromatic N) is 1. The van der Waals surface area contributed by atoms with Gasteiger partial charge >= 0.3 is 51.4 Å². The van der Waals surface area contributed by atoms with Gasteiger partial charge in [0.15, 0.2) is 0 Å². The van der Waals surface area contributed by atoms with Crippen molar-refractivity contribution in [1.82, 2.24) is 0 Å². The van der Waals surface area contributed by atoms with Crippen molar-refractivity contribution in [3.63, 3.8) is 0 Å². The van der Waals surface area contributed by atoms with Crippen LogP contribution in [0.1, 0.15) is 0 Å². The van der Waals surface area contributed by atoms with E-state index in [2.05, 4.69) is 0 Å². The first-order valence-electron chi connectivity index (χ1n) is 0.447. The van der Waals surface area contributed by atoms with Gasteiger partial charge in [-0.2, -0.15) is 5.26 Å². The Balaban J connectivity index is -0.0000000200. The van der Waals surface area contributed by atoms with Crippen molar-refractivity contribution >= 4 is 51.4 Å². The normalized spacial score (nSPS) is 1.40. The maximum atomic E-state index is 6.88. The fourth-order valence-electron chi connectivity index (χ4n) is 0. The van der Waals surface area contributed by atoms with Crippen molar-refractivity contribution < 1.29 is 25.2 Å². The molecule has 0 aliphatic carbocycles. The maximum absolute atomic E-state index is 6.88. The van der Waals surface area contributed by atoms with Gasteiger partial charge in [0, 0.05) is 20.1 Å². The predicted molar refractivity (Wildman–Crippen MR) is 14.7 cm³/mol. The van der Waals surface area contributed by atoms with Crippen molar-refractivity contribution in [3.05, 3.63) is 0 Å². The summed E-state index contributed by atoms with van der Waals surface area (Å²) in [5.41, 5.74) is 0. The third-order valence-corrected chi connectivity index (χ3v) is 0. The molecule has 0 amide bonds. The molecule has 2 nitrogen and oxygen atoms in total. The van der Waals surface area contributed by atoms with Gasteiger partial charge in [-0.1, -0.05) is 0 Å².